The molecule has 4 heterocycles. The molecule has 3 aromatic heterocycles. The fraction of sp³-hybridized carbons (Fsp3) is 0.375. The fourth-order valence-electron chi connectivity index (χ4n) is 4.86. The van der Waals surface area contributed by atoms with Crippen LogP contribution < -0.4 is 16.0 Å². The Labute approximate surface area is 191 Å². The van der Waals surface area contributed by atoms with E-state index in [1.807, 2.05) is 41.4 Å². The number of nitrogens with two attached hydrogens (primary N) is 1. The molecule has 33 heavy (non-hydrogen) atoms. The minimum absolute atomic E-state index is 0.00830. The first-order valence-electron chi connectivity index (χ1n) is 11.0. The Morgan fingerprint density at radius 3 is 2.67 bits per heavy atom. The van der Waals surface area contributed by atoms with Gasteiger partial charge in [0.2, 0.25) is 0 Å². The highest BCUT2D eigenvalue weighted by molar-refractivity contribution is 6.00. The van der Waals surface area contributed by atoms with Crippen LogP contribution in [0.1, 0.15) is 23.2 Å². The molecule has 2 N–H and O–H groups in total. The first-order valence-corrected chi connectivity index (χ1v) is 11.0. The fourth-order valence-corrected chi connectivity index (χ4v) is 4.86. The van der Waals surface area contributed by atoms with Crippen molar-refractivity contribution in [2.24, 2.45) is 26.9 Å². The predicted molar refractivity (Wildman–Crippen MR) is 128 cm³/mol. The largest absolute Gasteiger partial charge is 0.494 e. The highest BCUT2D eigenvalue weighted by atomic mass is 16.5. The average Bonchev–Trinajstić information content (AvgIpc) is 3.32. The molecule has 1 saturated heterocycles. The summed E-state index contributed by atoms with van der Waals surface area (Å²) in [7, 11) is 7.10. The first kappa shape index (κ1) is 21.3. The van der Waals surface area contributed by atoms with E-state index in [-0.39, 0.29) is 17.5 Å². The number of hydrogen-bond acceptors (Lipinski definition) is 5. The predicted octanol–water partition coefficient (Wildman–Crippen LogP) is 2.00. The molecule has 1 aromatic carbocycles. The normalized spacial score (nSPS) is 16.6. The van der Waals surface area contributed by atoms with Crippen molar-refractivity contribution in [3.8, 4) is 17.3 Å². The maximum Gasteiger partial charge on any atom is 0.274 e. The molecule has 0 radical (unpaired) electrons. The molecule has 1 aliphatic heterocycles. The topological polar surface area (TPSA) is 100 Å². The number of piperidine rings is 1. The quantitative estimate of drug-likeness (QED) is 0.517. The summed E-state index contributed by atoms with van der Waals surface area (Å²) in [5.74, 6) is 1.20. The van der Waals surface area contributed by atoms with Crippen LogP contribution in [-0.2, 0) is 21.1 Å². The summed E-state index contributed by atoms with van der Waals surface area (Å²) in [6, 6.07) is 7.47. The van der Waals surface area contributed by atoms with Crippen LogP contribution in [0.5, 0.6) is 5.75 Å². The van der Waals surface area contributed by atoms with Crippen molar-refractivity contribution in [3.05, 3.63) is 46.4 Å². The number of ether oxygens (including phenoxy) is 1. The molecule has 0 saturated carbocycles. The van der Waals surface area contributed by atoms with Crippen LogP contribution in [0, 0.1) is 0 Å². The number of methoxy groups -OCH3 is 1. The van der Waals surface area contributed by atoms with Gasteiger partial charge in [-0.3, -0.25) is 9.59 Å². The molecular weight excluding hydrogens is 420 g/mol. The van der Waals surface area contributed by atoms with E-state index in [1.165, 1.54) is 0 Å². The number of likely N-dealkylation sites (tertiary alicyclic amines) is 1. The maximum absolute atomic E-state index is 13.2. The van der Waals surface area contributed by atoms with Gasteiger partial charge >= 0.3 is 0 Å². The average molecular weight is 449 g/mol. The second kappa shape index (κ2) is 7.77. The number of aryl methyl sites for hydroxylation is 3. The zero-order chi connectivity index (χ0) is 23.4. The SMILES string of the molecule is COc1cc(C(=O)N2CCC[C@@H](N)C2)cc2nc(-c3cc4ccn(C)c(=O)c4n3C)n(C)c12. The van der Waals surface area contributed by atoms with Crippen molar-refractivity contribution in [2.75, 3.05) is 20.2 Å². The lowest BCUT2D eigenvalue weighted by atomic mass is 10.0. The third-order valence-corrected chi connectivity index (χ3v) is 6.64. The van der Waals surface area contributed by atoms with Crippen LogP contribution >= 0.6 is 0 Å². The number of imidazole rings is 1. The second-order valence-corrected chi connectivity index (χ2v) is 8.82. The van der Waals surface area contributed by atoms with Crippen molar-refractivity contribution in [2.45, 2.75) is 18.9 Å². The number of carbonyl (C=O) groups excluding carboxylic acids is 1. The molecule has 1 atom stereocenters. The zero-order valence-electron chi connectivity index (χ0n) is 19.3. The molecule has 0 aliphatic carbocycles. The van der Waals surface area contributed by atoms with Crippen molar-refractivity contribution >= 4 is 27.8 Å². The van der Waals surface area contributed by atoms with Crippen LogP contribution in [0.15, 0.2) is 35.3 Å². The van der Waals surface area contributed by atoms with E-state index in [4.69, 9.17) is 15.5 Å². The summed E-state index contributed by atoms with van der Waals surface area (Å²) in [4.78, 5) is 32.6. The molecular formula is C24H28N6O3. The molecule has 1 fully saturated rings. The van der Waals surface area contributed by atoms with E-state index in [0.29, 0.717) is 41.3 Å². The van der Waals surface area contributed by atoms with Gasteiger partial charge in [0.05, 0.1) is 18.3 Å². The van der Waals surface area contributed by atoms with E-state index in [9.17, 15) is 9.59 Å². The zero-order valence-corrected chi connectivity index (χ0v) is 19.3. The van der Waals surface area contributed by atoms with Gasteiger partial charge in [-0.05, 0) is 37.1 Å². The summed E-state index contributed by atoms with van der Waals surface area (Å²) in [6.45, 7) is 1.25. The molecule has 172 valence electrons. The molecule has 9 heteroatoms. The lowest BCUT2D eigenvalue weighted by molar-refractivity contribution is 0.0708. The lowest BCUT2D eigenvalue weighted by Gasteiger charge is -2.30. The van der Waals surface area contributed by atoms with Gasteiger partial charge in [0, 0.05) is 57.4 Å². The molecule has 0 spiro atoms. The number of aromatic nitrogens is 4. The number of hydrogen-bond donors (Lipinski definition) is 1. The molecule has 5 rings (SSSR count). The van der Waals surface area contributed by atoms with Gasteiger partial charge in [0.1, 0.15) is 16.8 Å². The third-order valence-electron chi connectivity index (χ3n) is 6.64. The van der Waals surface area contributed by atoms with Crippen LogP contribution in [0.3, 0.4) is 0 Å². The minimum atomic E-state index is -0.0646. The molecule has 0 unspecified atom stereocenters. The Balaban J connectivity index is 1.66. The van der Waals surface area contributed by atoms with E-state index < -0.39 is 0 Å². The van der Waals surface area contributed by atoms with Gasteiger partial charge in [-0.15, -0.1) is 0 Å². The number of nitrogens with zero attached hydrogens (tertiary/aromatic N) is 5. The van der Waals surface area contributed by atoms with Crippen LogP contribution in [0.2, 0.25) is 0 Å². The number of fused-ring (bicyclic) bond motifs is 2. The van der Waals surface area contributed by atoms with Gasteiger partial charge in [0.15, 0.2) is 5.82 Å². The summed E-state index contributed by atoms with van der Waals surface area (Å²) >= 11 is 0. The van der Waals surface area contributed by atoms with Crippen molar-refractivity contribution < 1.29 is 9.53 Å². The highest BCUT2D eigenvalue weighted by Crippen LogP contribution is 2.33. The van der Waals surface area contributed by atoms with Gasteiger partial charge in [-0.25, -0.2) is 4.98 Å². The summed E-state index contributed by atoms with van der Waals surface area (Å²) in [5.41, 5.74) is 9.43. The Kier molecular flexibility index (Phi) is 5.01. The lowest BCUT2D eigenvalue weighted by Crippen LogP contribution is -2.45. The Hall–Kier alpha value is -3.59. The van der Waals surface area contributed by atoms with E-state index in [2.05, 4.69) is 0 Å². The van der Waals surface area contributed by atoms with Crippen LogP contribution in [0.25, 0.3) is 33.5 Å². The van der Waals surface area contributed by atoms with E-state index in [0.717, 1.165) is 29.4 Å². The van der Waals surface area contributed by atoms with E-state index >= 15 is 0 Å². The Bertz CT molecular complexity index is 1460. The highest BCUT2D eigenvalue weighted by Gasteiger charge is 2.25. The Morgan fingerprint density at radius 1 is 1.15 bits per heavy atom. The molecule has 9 nitrogen and oxygen atoms in total. The smallest absolute Gasteiger partial charge is 0.274 e. The molecule has 1 amide bonds. The monoisotopic (exact) mass is 448 g/mol. The van der Waals surface area contributed by atoms with E-state index in [1.54, 1.807) is 35.9 Å². The van der Waals surface area contributed by atoms with Crippen LogP contribution in [-0.4, -0.2) is 55.7 Å². The number of rotatable bonds is 3. The summed E-state index contributed by atoms with van der Waals surface area (Å²) in [6.07, 6.45) is 3.60. The van der Waals surface area contributed by atoms with Crippen LogP contribution in [0.4, 0.5) is 0 Å². The van der Waals surface area contributed by atoms with Gasteiger partial charge in [-0.2, -0.15) is 0 Å². The van der Waals surface area contributed by atoms with Gasteiger partial charge < -0.3 is 29.1 Å². The summed E-state index contributed by atoms with van der Waals surface area (Å²) in [5, 5.41) is 0.854. The molecule has 0 bridgehead atoms. The van der Waals surface area contributed by atoms with Crippen molar-refractivity contribution in [1.82, 2.24) is 23.6 Å². The number of benzene rings is 1. The van der Waals surface area contributed by atoms with Crippen molar-refractivity contribution in [1.29, 1.82) is 0 Å². The Morgan fingerprint density at radius 2 is 1.94 bits per heavy atom. The first-order chi connectivity index (χ1) is 15.8. The van der Waals surface area contributed by atoms with Gasteiger partial charge in [-0.1, -0.05) is 0 Å². The van der Waals surface area contributed by atoms with Crippen molar-refractivity contribution in [3.63, 3.8) is 0 Å². The van der Waals surface area contributed by atoms with Gasteiger partial charge in [0.25, 0.3) is 11.5 Å². The second-order valence-electron chi connectivity index (χ2n) is 8.82. The third kappa shape index (κ3) is 3.31. The molecule has 1 aliphatic rings. The standard InChI is InChI=1S/C24H28N6O3/c1-27-9-7-14-11-18(28(2)20(14)24(27)32)22-26-17-10-15(12-19(33-4)21(17)29(22)3)23(31)30-8-5-6-16(25)13-30/h7,9-12,16H,5-6,8,13,25H2,1-4H3/t16-/m1/s1. The summed E-state index contributed by atoms with van der Waals surface area (Å²) < 4.78 is 11.0. The number of carbonyl (C=O) groups is 1. The number of amides is 1. The number of pyridine rings is 1. The maximum atomic E-state index is 13.2. The molecule has 4 aromatic rings. The minimum Gasteiger partial charge on any atom is -0.494 e.